The van der Waals surface area contributed by atoms with Crippen molar-refractivity contribution in [2.75, 3.05) is 6.54 Å². The lowest BCUT2D eigenvalue weighted by molar-refractivity contribution is -0.156. The number of nitrogens with one attached hydrogen (secondary N) is 1. The second-order valence-electron chi connectivity index (χ2n) is 9.78. The van der Waals surface area contributed by atoms with Gasteiger partial charge >= 0.3 is 5.97 Å². The highest BCUT2D eigenvalue weighted by Gasteiger charge is 2.54. The Hall–Kier alpha value is -2.74. The third-order valence-electron chi connectivity index (χ3n) is 7.64. The van der Waals surface area contributed by atoms with Crippen molar-refractivity contribution in [1.82, 2.24) is 15.2 Å². The first-order valence-electron chi connectivity index (χ1n) is 12.2. The van der Waals surface area contributed by atoms with Crippen LogP contribution in [0.2, 0.25) is 0 Å². The van der Waals surface area contributed by atoms with E-state index in [-0.39, 0.29) is 30.1 Å². The van der Waals surface area contributed by atoms with E-state index in [1.165, 1.54) is 5.56 Å². The van der Waals surface area contributed by atoms with Crippen LogP contribution in [-0.4, -0.2) is 39.8 Å². The molecule has 1 spiro atoms. The summed E-state index contributed by atoms with van der Waals surface area (Å²) in [6.45, 7) is 3.49. The van der Waals surface area contributed by atoms with E-state index in [4.69, 9.17) is 4.74 Å². The van der Waals surface area contributed by atoms with E-state index in [1.54, 1.807) is 11.3 Å². The van der Waals surface area contributed by atoms with E-state index >= 15 is 0 Å². The van der Waals surface area contributed by atoms with Gasteiger partial charge < -0.3 is 15.0 Å². The first-order chi connectivity index (χ1) is 16.4. The van der Waals surface area contributed by atoms with E-state index in [2.05, 4.69) is 10.3 Å². The number of ether oxygens (including phenoxy) is 1. The number of amides is 2. The minimum absolute atomic E-state index is 0.00769. The molecule has 34 heavy (non-hydrogen) atoms. The Labute approximate surface area is 203 Å². The Balaban J connectivity index is 1.28. The predicted molar refractivity (Wildman–Crippen MR) is 128 cm³/mol. The molecule has 2 fully saturated rings. The van der Waals surface area contributed by atoms with Gasteiger partial charge in [-0.2, -0.15) is 11.3 Å². The van der Waals surface area contributed by atoms with Crippen LogP contribution in [0.5, 0.6) is 0 Å². The molecule has 1 aliphatic carbocycles. The van der Waals surface area contributed by atoms with Crippen molar-refractivity contribution in [3.8, 4) is 0 Å². The molecule has 8 heteroatoms. The Kier molecular flexibility index (Phi) is 6.42. The lowest BCUT2D eigenvalue weighted by atomic mass is 9.75. The Morgan fingerprint density at radius 3 is 2.88 bits per heavy atom. The molecule has 2 aliphatic heterocycles. The number of rotatable bonds is 5. The van der Waals surface area contributed by atoms with Crippen LogP contribution in [0.4, 0.5) is 0 Å². The number of aryl methyl sites for hydroxylation is 1. The Morgan fingerprint density at radius 1 is 1.29 bits per heavy atom. The average Bonchev–Trinajstić information content (AvgIpc) is 3.45. The number of hydrogen-bond donors (Lipinski definition) is 1. The zero-order chi connectivity index (χ0) is 23.7. The van der Waals surface area contributed by atoms with Crippen LogP contribution in [0.3, 0.4) is 0 Å². The predicted octanol–water partition coefficient (Wildman–Crippen LogP) is 3.46. The monoisotopic (exact) mass is 481 g/mol. The molecule has 1 N–H and O–H groups in total. The maximum absolute atomic E-state index is 13.6. The largest absolute Gasteiger partial charge is 0.458 e. The van der Waals surface area contributed by atoms with Crippen LogP contribution in [0.15, 0.2) is 23.0 Å². The van der Waals surface area contributed by atoms with Crippen LogP contribution in [0, 0.1) is 12.8 Å². The zero-order valence-corrected chi connectivity index (χ0v) is 20.4. The van der Waals surface area contributed by atoms with Crippen LogP contribution in [0.1, 0.15) is 66.5 Å². The van der Waals surface area contributed by atoms with Crippen molar-refractivity contribution in [2.24, 2.45) is 5.92 Å². The first-order valence-corrected chi connectivity index (χ1v) is 13.1. The van der Waals surface area contributed by atoms with Crippen molar-refractivity contribution in [2.45, 2.75) is 77.0 Å². The molecular formula is C26H31N3O4S. The van der Waals surface area contributed by atoms with Gasteiger partial charge in [0, 0.05) is 31.5 Å². The van der Waals surface area contributed by atoms with Gasteiger partial charge in [-0.15, -0.1) is 0 Å². The van der Waals surface area contributed by atoms with Crippen LogP contribution >= 0.6 is 11.3 Å². The average molecular weight is 482 g/mol. The van der Waals surface area contributed by atoms with Gasteiger partial charge in [0.05, 0.1) is 18.8 Å². The number of carbonyl (C=O) groups is 3. The molecule has 3 aliphatic rings. The van der Waals surface area contributed by atoms with E-state index < -0.39 is 5.60 Å². The second kappa shape index (κ2) is 9.49. The third-order valence-corrected chi connectivity index (χ3v) is 8.37. The van der Waals surface area contributed by atoms with Gasteiger partial charge in [0.25, 0.3) is 0 Å². The van der Waals surface area contributed by atoms with Crippen molar-refractivity contribution >= 4 is 29.1 Å². The van der Waals surface area contributed by atoms with Crippen LogP contribution in [-0.2, 0) is 45.1 Å². The summed E-state index contributed by atoms with van der Waals surface area (Å²) < 4.78 is 5.77. The molecule has 0 radical (unpaired) electrons. The van der Waals surface area contributed by atoms with E-state index in [0.29, 0.717) is 32.5 Å². The first kappa shape index (κ1) is 23.0. The lowest BCUT2D eigenvalue weighted by Crippen LogP contribution is -2.48. The van der Waals surface area contributed by atoms with E-state index in [0.717, 1.165) is 54.5 Å². The fourth-order valence-corrected chi connectivity index (χ4v) is 6.47. The Bertz CT molecular complexity index is 1090. The molecule has 1 saturated heterocycles. The van der Waals surface area contributed by atoms with Gasteiger partial charge in [-0.25, -0.2) is 0 Å². The summed E-state index contributed by atoms with van der Waals surface area (Å²) in [4.78, 5) is 44.6. The van der Waals surface area contributed by atoms with Crippen molar-refractivity contribution in [3.05, 3.63) is 51.0 Å². The van der Waals surface area contributed by atoms with Gasteiger partial charge in [0.2, 0.25) is 11.8 Å². The minimum atomic E-state index is -0.601. The molecule has 2 aromatic heterocycles. The number of carbonyl (C=O) groups excluding carboxylic acids is 3. The molecule has 0 bridgehead atoms. The van der Waals surface area contributed by atoms with Crippen molar-refractivity contribution in [3.63, 3.8) is 0 Å². The fourth-order valence-electron chi connectivity index (χ4n) is 5.80. The van der Waals surface area contributed by atoms with Crippen LogP contribution in [0.25, 0.3) is 0 Å². The summed E-state index contributed by atoms with van der Waals surface area (Å²) in [5, 5.41) is 7.00. The summed E-state index contributed by atoms with van der Waals surface area (Å²) >= 11 is 1.59. The highest BCUT2D eigenvalue weighted by Crippen LogP contribution is 2.45. The lowest BCUT2D eigenvalue weighted by Gasteiger charge is -2.39. The molecule has 1 atom stereocenters. The molecule has 0 unspecified atom stereocenters. The number of hydrogen-bond acceptors (Lipinski definition) is 6. The normalized spacial score (nSPS) is 21.3. The second-order valence-corrected chi connectivity index (χ2v) is 10.6. The van der Waals surface area contributed by atoms with Gasteiger partial charge in [-0.1, -0.05) is 6.42 Å². The molecule has 0 aromatic carbocycles. The van der Waals surface area contributed by atoms with E-state index in [1.807, 2.05) is 34.8 Å². The van der Waals surface area contributed by atoms with Crippen molar-refractivity contribution in [1.29, 1.82) is 0 Å². The van der Waals surface area contributed by atoms with Gasteiger partial charge in [-0.05, 0) is 78.1 Å². The zero-order valence-electron chi connectivity index (χ0n) is 19.6. The van der Waals surface area contributed by atoms with Crippen LogP contribution < -0.4 is 5.32 Å². The number of thiophene rings is 1. The number of aromatic nitrogens is 1. The summed E-state index contributed by atoms with van der Waals surface area (Å²) in [5.74, 6) is -0.595. The summed E-state index contributed by atoms with van der Waals surface area (Å²) in [7, 11) is 0. The molecule has 2 amide bonds. The topological polar surface area (TPSA) is 88.6 Å². The summed E-state index contributed by atoms with van der Waals surface area (Å²) in [5.41, 5.74) is 4.58. The highest BCUT2D eigenvalue weighted by atomic mass is 32.1. The third kappa shape index (κ3) is 4.48. The number of fused-ring (bicyclic) bond motifs is 1. The molecule has 5 rings (SSSR count). The maximum atomic E-state index is 13.6. The molecular weight excluding hydrogens is 450 g/mol. The molecule has 1 saturated carbocycles. The molecule has 4 heterocycles. The molecule has 2 aromatic rings. The van der Waals surface area contributed by atoms with Crippen molar-refractivity contribution < 1.29 is 19.1 Å². The molecule has 7 nitrogen and oxygen atoms in total. The Morgan fingerprint density at radius 2 is 2.12 bits per heavy atom. The fraction of sp³-hybridized carbons (Fsp3) is 0.538. The number of pyridine rings is 1. The molecule has 180 valence electrons. The maximum Gasteiger partial charge on any atom is 0.307 e. The number of nitrogens with zero attached hydrogens (tertiary/aromatic N) is 2. The minimum Gasteiger partial charge on any atom is -0.458 e. The standard InChI is InChI=1S/C26H31N3O4S/c1-17-21(14-28-23(30)11-18-6-10-34-16-18)20-5-9-29(15-19(20)13-27-17)25(32)22-12-24(31)33-26(22)7-3-2-4-8-26/h6,10,13,16,22H,2-5,7-9,11-12,14-15H2,1H3,(H,28,30)/t22-/m1/s1. The van der Waals surface area contributed by atoms with E-state index in [9.17, 15) is 14.4 Å². The van der Waals surface area contributed by atoms with Gasteiger partial charge in [0.1, 0.15) is 5.60 Å². The van der Waals surface area contributed by atoms with Gasteiger partial charge in [-0.3, -0.25) is 19.4 Å². The quantitative estimate of drug-likeness (QED) is 0.661. The smallest absolute Gasteiger partial charge is 0.307 e. The van der Waals surface area contributed by atoms with Gasteiger partial charge in [0.15, 0.2) is 0 Å². The highest BCUT2D eigenvalue weighted by molar-refractivity contribution is 7.08. The number of esters is 1. The summed E-state index contributed by atoms with van der Waals surface area (Å²) in [6, 6.07) is 1.97. The SMILES string of the molecule is Cc1ncc2c(c1CNC(=O)Cc1ccsc1)CCN(C(=O)[C@H]1CC(=O)OC13CCCCC3)C2. The summed E-state index contributed by atoms with van der Waals surface area (Å²) in [6.07, 6.45) is 7.85.